The molecule has 0 bridgehead atoms. The van der Waals surface area contributed by atoms with Crippen LogP contribution in [-0.2, 0) is 0 Å². The molecule has 4 nitrogen and oxygen atoms in total. The summed E-state index contributed by atoms with van der Waals surface area (Å²) in [6, 6.07) is 7.76. The normalized spacial score (nSPS) is 11.2. The third-order valence-corrected chi connectivity index (χ3v) is 3.08. The minimum atomic E-state index is 0.110. The number of hydroxylamine groups is 3. The first-order chi connectivity index (χ1) is 8.13. The van der Waals surface area contributed by atoms with E-state index in [-0.39, 0.29) is 4.65 Å². The molecule has 0 aromatic heterocycles. The molecular formula is C13H22N3O+. The summed E-state index contributed by atoms with van der Waals surface area (Å²) in [7, 11) is 0. The van der Waals surface area contributed by atoms with E-state index in [1.807, 2.05) is 38.1 Å². The number of anilines is 1. The minimum Gasteiger partial charge on any atom is -0.379 e. The largest absolute Gasteiger partial charge is 0.379 e. The molecule has 0 saturated carbocycles. The van der Waals surface area contributed by atoms with Crippen LogP contribution in [0.3, 0.4) is 0 Å². The van der Waals surface area contributed by atoms with Crippen molar-refractivity contribution in [1.29, 1.82) is 0 Å². The fourth-order valence-corrected chi connectivity index (χ4v) is 1.63. The van der Waals surface area contributed by atoms with Gasteiger partial charge in [-0.3, -0.25) is 4.99 Å². The molecule has 0 radical (unpaired) electrons. The van der Waals surface area contributed by atoms with Gasteiger partial charge in [-0.1, -0.05) is 0 Å². The van der Waals surface area contributed by atoms with Crippen LogP contribution in [0.1, 0.15) is 13.8 Å². The lowest BCUT2D eigenvalue weighted by molar-refractivity contribution is -1.10. The van der Waals surface area contributed by atoms with Crippen LogP contribution in [0.5, 0.6) is 0 Å². The van der Waals surface area contributed by atoms with Crippen molar-refractivity contribution in [3.05, 3.63) is 24.3 Å². The Labute approximate surface area is 103 Å². The predicted molar refractivity (Wildman–Crippen MR) is 72.1 cm³/mol. The van der Waals surface area contributed by atoms with Gasteiger partial charge in [0.25, 0.3) is 0 Å². The number of aliphatic imine (C=N–C) groups is 1. The van der Waals surface area contributed by atoms with E-state index in [0.29, 0.717) is 6.54 Å². The van der Waals surface area contributed by atoms with Crippen LogP contribution in [0.25, 0.3) is 0 Å². The van der Waals surface area contributed by atoms with Crippen molar-refractivity contribution in [3.8, 4) is 0 Å². The number of quaternary nitrogens is 1. The van der Waals surface area contributed by atoms with Gasteiger partial charge in [0.2, 0.25) is 0 Å². The predicted octanol–water partition coefficient (Wildman–Crippen LogP) is 2.68. The summed E-state index contributed by atoms with van der Waals surface area (Å²) in [5, 5.41) is 13.3. The zero-order valence-electron chi connectivity index (χ0n) is 10.7. The lowest BCUT2D eigenvalue weighted by Gasteiger charge is -2.27. The van der Waals surface area contributed by atoms with E-state index in [2.05, 4.69) is 17.0 Å². The molecule has 1 aromatic carbocycles. The van der Waals surface area contributed by atoms with Gasteiger partial charge < -0.3 is 5.32 Å². The van der Waals surface area contributed by atoms with Crippen LogP contribution < -0.4 is 5.32 Å². The smallest absolute Gasteiger partial charge is 0.126 e. The first-order valence-electron chi connectivity index (χ1n) is 6.03. The van der Waals surface area contributed by atoms with Crippen molar-refractivity contribution < 1.29 is 9.85 Å². The van der Waals surface area contributed by atoms with Crippen LogP contribution in [-0.4, -0.2) is 42.8 Å². The van der Waals surface area contributed by atoms with Crippen molar-refractivity contribution in [1.82, 2.24) is 0 Å². The van der Waals surface area contributed by atoms with Crippen LogP contribution in [0.4, 0.5) is 11.4 Å². The third-order valence-electron chi connectivity index (χ3n) is 3.08. The molecule has 1 aromatic rings. The Morgan fingerprint density at radius 3 is 2.29 bits per heavy atom. The minimum absolute atomic E-state index is 0.110. The number of hydrogen-bond donors (Lipinski definition) is 2. The first-order valence-corrected chi connectivity index (χ1v) is 6.03. The van der Waals surface area contributed by atoms with Crippen molar-refractivity contribution in [2.45, 2.75) is 13.8 Å². The van der Waals surface area contributed by atoms with E-state index in [1.54, 1.807) is 0 Å². The fraction of sp³-hybridized carbons (Fsp3) is 0.462. The highest BCUT2D eigenvalue weighted by Crippen LogP contribution is 2.15. The summed E-state index contributed by atoms with van der Waals surface area (Å²) >= 11 is 0. The zero-order valence-corrected chi connectivity index (χ0v) is 10.7. The highest BCUT2D eigenvalue weighted by Gasteiger charge is 2.19. The second kappa shape index (κ2) is 6.37. The molecule has 17 heavy (non-hydrogen) atoms. The van der Waals surface area contributed by atoms with Crippen LogP contribution in [0.15, 0.2) is 29.3 Å². The summed E-state index contributed by atoms with van der Waals surface area (Å²) in [6.45, 7) is 10.4. The average molecular weight is 236 g/mol. The van der Waals surface area contributed by atoms with Gasteiger partial charge >= 0.3 is 0 Å². The van der Waals surface area contributed by atoms with E-state index in [1.165, 1.54) is 0 Å². The average Bonchev–Trinajstić information content (AvgIpc) is 2.39. The highest BCUT2D eigenvalue weighted by atomic mass is 16.5. The number of nitrogens with zero attached hydrogens (tertiary/aromatic N) is 2. The highest BCUT2D eigenvalue weighted by molar-refractivity contribution is 5.53. The lowest BCUT2D eigenvalue weighted by atomic mass is 10.3. The summed E-state index contributed by atoms with van der Waals surface area (Å²) in [4.78, 5) is 3.84. The van der Waals surface area contributed by atoms with E-state index in [0.717, 1.165) is 31.0 Å². The monoisotopic (exact) mass is 236 g/mol. The molecular weight excluding hydrogens is 214 g/mol. The Balaban J connectivity index is 2.42. The number of benzene rings is 1. The molecule has 0 atom stereocenters. The Morgan fingerprint density at radius 1 is 1.24 bits per heavy atom. The Hall–Kier alpha value is -1.39. The maximum Gasteiger partial charge on any atom is 0.126 e. The molecule has 0 aliphatic rings. The van der Waals surface area contributed by atoms with Crippen LogP contribution in [0, 0.1) is 0 Å². The van der Waals surface area contributed by atoms with Crippen LogP contribution in [0.2, 0.25) is 0 Å². The molecule has 1 rings (SSSR count). The Bertz CT molecular complexity index is 344. The zero-order chi connectivity index (χ0) is 12.7. The van der Waals surface area contributed by atoms with Gasteiger partial charge in [0.15, 0.2) is 0 Å². The summed E-state index contributed by atoms with van der Waals surface area (Å²) < 4.78 is 0.110. The molecule has 0 fully saturated rings. The number of likely N-dealkylation sites (N-methyl/N-ethyl adjacent to an activating group) is 1. The second-order valence-electron chi connectivity index (χ2n) is 4.08. The van der Waals surface area contributed by atoms with E-state index >= 15 is 0 Å². The topological polar surface area (TPSA) is 44.6 Å². The Kier molecular flexibility index (Phi) is 5.12. The summed E-state index contributed by atoms with van der Waals surface area (Å²) in [5.41, 5.74) is 1.90. The maximum atomic E-state index is 10.1. The molecule has 0 aliphatic heterocycles. The van der Waals surface area contributed by atoms with E-state index in [9.17, 15) is 5.21 Å². The molecule has 0 aliphatic carbocycles. The van der Waals surface area contributed by atoms with Gasteiger partial charge in [0, 0.05) is 5.69 Å². The molecule has 4 heteroatoms. The molecule has 0 amide bonds. The fourth-order valence-electron chi connectivity index (χ4n) is 1.63. The maximum absolute atomic E-state index is 10.1. The Morgan fingerprint density at radius 2 is 1.82 bits per heavy atom. The first kappa shape index (κ1) is 13.7. The summed E-state index contributed by atoms with van der Waals surface area (Å²) in [5.74, 6) is 0. The van der Waals surface area contributed by atoms with Gasteiger partial charge in [0.1, 0.15) is 19.6 Å². The van der Waals surface area contributed by atoms with E-state index < -0.39 is 0 Å². The van der Waals surface area contributed by atoms with E-state index in [4.69, 9.17) is 0 Å². The van der Waals surface area contributed by atoms with Gasteiger partial charge in [-0.25, -0.2) is 5.21 Å². The summed E-state index contributed by atoms with van der Waals surface area (Å²) in [6.07, 6.45) is 0. The van der Waals surface area contributed by atoms with Gasteiger partial charge in [-0.15, -0.1) is 0 Å². The van der Waals surface area contributed by atoms with Crippen molar-refractivity contribution in [3.63, 3.8) is 0 Å². The molecule has 94 valence electrons. The molecule has 0 saturated heterocycles. The quantitative estimate of drug-likeness (QED) is 0.434. The second-order valence-corrected chi connectivity index (χ2v) is 4.08. The molecule has 0 heterocycles. The number of rotatable bonds is 7. The molecule has 0 unspecified atom stereocenters. The van der Waals surface area contributed by atoms with Crippen molar-refractivity contribution in [2.75, 3.05) is 31.5 Å². The van der Waals surface area contributed by atoms with Gasteiger partial charge in [-0.05, 0) is 44.8 Å². The lowest BCUT2D eigenvalue weighted by Crippen LogP contribution is -2.47. The van der Waals surface area contributed by atoms with Crippen LogP contribution >= 0.6 is 0 Å². The number of nitrogens with one attached hydrogen (secondary N) is 1. The SMILES string of the molecule is C=Nc1ccc(NCC[N+](O)(CC)CC)cc1. The molecule has 0 spiro atoms. The van der Waals surface area contributed by atoms with Crippen molar-refractivity contribution in [2.24, 2.45) is 4.99 Å². The van der Waals surface area contributed by atoms with Crippen molar-refractivity contribution >= 4 is 18.1 Å². The molecule has 2 N–H and O–H groups in total. The van der Waals surface area contributed by atoms with Gasteiger partial charge in [-0.2, -0.15) is 4.65 Å². The third kappa shape index (κ3) is 4.17. The van der Waals surface area contributed by atoms with Gasteiger partial charge in [0.05, 0.1) is 12.2 Å². The standard InChI is InChI=1S/C13H22N3O/c1-4-16(17,5-2)11-10-15-13-8-6-12(14-3)7-9-13/h6-9,15,17H,3-5,10-11H2,1-2H3/q+1. The number of hydrogen-bond acceptors (Lipinski definition) is 3.